The molecule has 1 saturated heterocycles. The van der Waals surface area contributed by atoms with E-state index in [1.54, 1.807) is 0 Å². The predicted octanol–water partition coefficient (Wildman–Crippen LogP) is -1.43. The molecule has 2 rings (SSSR count). The minimum absolute atomic E-state index is 0.0296. The lowest BCUT2D eigenvalue weighted by molar-refractivity contribution is -0.0449. The van der Waals surface area contributed by atoms with Crippen LogP contribution in [0.4, 0.5) is 5.69 Å². The minimum Gasteiger partial charge on any atom is -0.390 e. The maximum atomic E-state index is 12.1. The number of H-pyrrole nitrogens is 1. The average molecular weight is 521 g/mol. The van der Waals surface area contributed by atoms with Gasteiger partial charge in [-0.1, -0.05) is 5.92 Å². The highest BCUT2D eigenvalue weighted by Crippen LogP contribution is 2.66. The van der Waals surface area contributed by atoms with Gasteiger partial charge in [0, 0.05) is 12.6 Å². The van der Waals surface area contributed by atoms with E-state index < -0.39 is 59.8 Å². The van der Waals surface area contributed by atoms with E-state index >= 15 is 0 Å². The normalized spacial score (nSPS) is 24.9. The fourth-order valence-corrected chi connectivity index (χ4v) is 5.51. The van der Waals surface area contributed by atoms with E-state index in [1.165, 1.54) is 0 Å². The first-order chi connectivity index (χ1) is 14.6. The van der Waals surface area contributed by atoms with Crippen LogP contribution in [0.3, 0.4) is 0 Å². The molecule has 1 aromatic heterocycles. The standard InChI is InChI=1S/C12H18N3O14P3/c1-2-3-13-7-5-15(12(18)14-11(7)17)10-4-8(16)9(27-10)6-26-31(22,23)29-32(24,25)28-30(19,20)21/h1,5,8-10,13,16H,3-4,6H2,(H,22,23)(H,24,25)(H,14,17,18)(H2,19,20,21)/t8-,9+,10+/m0/s1. The Bertz CT molecular complexity index is 1130. The maximum Gasteiger partial charge on any atom is 0.490 e. The SMILES string of the molecule is C#CCNc1cn([C@H]2C[C@H](O)[C@@H](COP(=O)(O)OP(=O)(O)OP(=O)(O)O)O2)c(=O)[nH]c1=O. The lowest BCUT2D eigenvalue weighted by Crippen LogP contribution is -2.34. The Hall–Kier alpha value is -1.63. The van der Waals surface area contributed by atoms with Gasteiger partial charge in [-0.2, -0.15) is 8.62 Å². The summed E-state index contributed by atoms with van der Waals surface area (Å²) >= 11 is 0. The first-order valence-corrected chi connectivity index (χ1v) is 12.8. The molecule has 1 aliphatic rings. The van der Waals surface area contributed by atoms with E-state index in [9.17, 15) is 33.3 Å². The van der Waals surface area contributed by atoms with Gasteiger partial charge in [-0.05, 0) is 0 Å². The van der Waals surface area contributed by atoms with Crippen molar-refractivity contribution in [2.24, 2.45) is 0 Å². The molecule has 0 aliphatic carbocycles. The number of aliphatic hydroxyl groups is 1. The Labute approximate surface area is 178 Å². The Morgan fingerprint density at radius 2 is 1.88 bits per heavy atom. The van der Waals surface area contributed by atoms with Crippen LogP contribution in [0.15, 0.2) is 15.8 Å². The zero-order valence-electron chi connectivity index (χ0n) is 15.7. The summed E-state index contributed by atoms with van der Waals surface area (Å²) in [7, 11) is -16.7. The molecule has 1 fully saturated rings. The van der Waals surface area contributed by atoms with Crippen LogP contribution in [0.2, 0.25) is 0 Å². The lowest BCUT2D eigenvalue weighted by atomic mass is 10.2. The molecule has 0 spiro atoms. The second-order valence-electron chi connectivity index (χ2n) is 6.09. The van der Waals surface area contributed by atoms with Crippen molar-refractivity contribution in [1.29, 1.82) is 0 Å². The van der Waals surface area contributed by atoms with Gasteiger partial charge in [-0.25, -0.2) is 18.5 Å². The summed E-state index contributed by atoms with van der Waals surface area (Å²) in [6.45, 7) is -0.945. The average Bonchev–Trinajstić information content (AvgIpc) is 2.97. The number of rotatable bonds is 10. The third-order valence-corrected chi connectivity index (χ3v) is 7.48. The number of anilines is 1. The van der Waals surface area contributed by atoms with Crippen molar-refractivity contribution < 1.29 is 56.3 Å². The van der Waals surface area contributed by atoms with Gasteiger partial charge in [0.05, 0.1) is 19.3 Å². The van der Waals surface area contributed by atoms with E-state index in [4.69, 9.17) is 25.8 Å². The number of hydrogen-bond acceptors (Lipinski definition) is 11. The molecule has 180 valence electrons. The number of ether oxygens (including phenoxy) is 1. The molecule has 2 unspecified atom stereocenters. The number of phosphoric ester groups is 1. The number of aliphatic hydroxyl groups excluding tert-OH is 1. The largest absolute Gasteiger partial charge is 0.490 e. The summed E-state index contributed by atoms with van der Waals surface area (Å²) in [4.78, 5) is 61.4. The van der Waals surface area contributed by atoms with Crippen LogP contribution in [-0.2, 0) is 31.6 Å². The lowest BCUT2D eigenvalue weighted by Gasteiger charge is -2.19. The molecule has 0 saturated carbocycles. The molecule has 0 aromatic carbocycles. The van der Waals surface area contributed by atoms with Gasteiger partial charge in [-0.3, -0.25) is 18.9 Å². The molecule has 1 aliphatic heterocycles. The molecule has 17 nitrogen and oxygen atoms in total. The van der Waals surface area contributed by atoms with E-state index in [0.717, 1.165) is 10.8 Å². The Balaban J connectivity index is 2.07. The van der Waals surface area contributed by atoms with Crippen LogP contribution in [0.25, 0.3) is 0 Å². The highest BCUT2D eigenvalue weighted by atomic mass is 31.3. The van der Waals surface area contributed by atoms with Crippen molar-refractivity contribution in [1.82, 2.24) is 9.55 Å². The molecule has 7 N–H and O–H groups in total. The Morgan fingerprint density at radius 3 is 2.47 bits per heavy atom. The molecular formula is C12H18N3O14P3. The number of phosphoric acid groups is 3. The van der Waals surface area contributed by atoms with Gasteiger partial charge >= 0.3 is 29.2 Å². The highest BCUT2D eigenvalue weighted by molar-refractivity contribution is 7.66. The molecule has 32 heavy (non-hydrogen) atoms. The van der Waals surface area contributed by atoms with Crippen LogP contribution in [0, 0.1) is 12.3 Å². The molecule has 20 heteroatoms. The summed E-state index contributed by atoms with van der Waals surface area (Å²) in [6, 6.07) is 0. The minimum atomic E-state index is -5.70. The van der Waals surface area contributed by atoms with Gasteiger partial charge in [-0.15, -0.1) is 6.42 Å². The molecule has 1 aromatic rings. The molecule has 0 bridgehead atoms. The predicted molar refractivity (Wildman–Crippen MR) is 103 cm³/mol. The topological polar surface area (TPSA) is 256 Å². The summed E-state index contributed by atoms with van der Waals surface area (Å²) in [5.74, 6) is 2.23. The molecule has 5 atom stereocenters. The fraction of sp³-hybridized carbons (Fsp3) is 0.500. The smallest absolute Gasteiger partial charge is 0.390 e. The number of terminal acetylenes is 1. The molecule has 0 radical (unpaired) electrons. The first-order valence-electron chi connectivity index (χ1n) is 8.27. The van der Waals surface area contributed by atoms with Crippen LogP contribution in [0.5, 0.6) is 0 Å². The van der Waals surface area contributed by atoms with Gasteiger partial charge in [0.25, 0.3) is 5.56 Å². The third kappa shape index (κ3) is 7.75. The molecule has 0 amide bonds. The van der Waals surface area contributed by atoms with Crippen molar-refractivity contribution in [3.8, 4) is 12.3 Å². The molecule has 2 heterocycles. The number of aromatic nitrogens is 2. The Kier molecular flexibility index (Phi) is 8.41. The number of nitrogens with zero attached hydrogens (tertiary/aromatic N) is 1. The highest BCUT2D eigenvalue weighted by Gasteiger charge is 2.43. The van der Waals surface area contributed by atoms with Gasteiger partial charge in [0.1, 0.15) is 18.0 Å². The zero-order chi connectivity index (χ0) is 24.3. The summed E-state index contributed by atoms with van der Waals surface area (Å²) in [5, 5.41) is 12.7. The quantitative estimate of drug-likeness (QED) is 0.138. The second-order valence-corrected chi connectivity index (χ2v) is 10.5. The van der Waals surface area contributed by atoms with E-state index in [1.807, 2.05) is 4.98 Å². The Morgan fingerprint density at radius 1 is 1.22 bits per heavy atom. The number of aromatic amines is 1. The van der Waals surface area contributed by atoms with Crippen LogP contribution < -0.4 is 16.6 Å². The monoisotopic (exact) mass is 521 g/mol. The van der Waals surface area contributed by atoms with Crippen molar-refractivity contribution in [2.45, 2.75) is 24.9 Å². The van der Waals surface area contributed by atoms with Crippen LogP contribution in [0.1, 0.15) is 12.6 Å². The van der Waals surface area contributed by atoms with Gasteiger partial charge in [0.2, 0.25) is 0 Å². The van der Waals surface area contributed by atoms with E-state index in [2.05, 4.69) is 24.4 Å². The first kappa shape index (κ1) is 26.6. The third-order valence-electron chi connectivity index (χ3n) is 3.68. The van der Waals surface area contributed by atoms with Gasteiger partial charge < -0.3 is 34.7 Å². The van der Waals surface area contributed by atoms with Crippen LogP contribution in [-0.4, -0.2) is 59.6 Å². The summed E-state index contributed by atoms with van der Waals surface area (Å²) in [6.07, 6.45) is 2.06. The number of hydrogen-bond donors (Lipinski definition) is 7. The fourth-order valence-electron chi connectivity index (χ4n) is 2.48. The number of nitrogens with one attached hydrogen (secondary N) is 2. The molecular weight excluding hydrogens is 503 g/mol. The summed E-state index contributed by atoms with van der Waals surface area (Å²) < 4.78 is 51.5. The van der Waals surface area contributed by atoms with Gasteiger partial charge in [0.15, 0.2) is 0 Å². The second kappa shape index (κ2) is 10.1. The van der Waals surface area contributed by atoms with Crippen LogP contribution >= 0.6 is 23.5 Å². The van der Waals surface area contributed by atoms with E-state index in [-0.39, 0.29) is 18.7 Å². The maximum absolute atomic E-state index is 12.1. The zero-order valence-corrected chi connectivity index (χ0v) is 18.4. The van der Waals surface area contributed by atoms with Crippen molar-refractivity contribution >= 4 is 29.2 Å². The van der Waals surface area contributed by atoms with E-state index in [0.29, 0.717) is 0 Å². The summed E-state index contributed by atoms with van der Waals surface area (Å²) in [5.41, 5.74) is -1.73. The van der Waals surface area contributed by atoms with Crippen molar-refractivity contribution in [3.05, 3.63) is 27.0 Å². The van der Waals surface area contributed by atoms with Crippen molar-refractivity contribution in [2.75, 3.05) is 18.5 Å². The van der Waals surface area contributed by atoms with Crippen molar-refractivity contribution in [3.63, 3.8) is 0 Å².